The topological polar surface area (TPSA) is 0 Å². The fourth-order valence-electron chi connectivity index (χ4n) is 1.32. The van der Waals surface area contributed by atoms with Gasteiger partial charge in [0.25, 0.3) is 0 Å². The van der Waals surface area contributed by atoms with Crippen molar-refractivity contribution in [1.29, 1.82) is 0 Å². The Hall–Kier alpha value is 0.130. The number of hydrogen-bond acceptors (Lipinski definition) is 4. The highest BCUT2D eigenvalue weighted by Gasteiger charge is 2.06. The second-order valence-electron chi connectivity index (χ2n) is 3.32. The summed E-state index contributed by atoms with van der Waals surface area (Å²) in [4.78, 5) is 1.45. The molecule has 84 valence electrons. The lowest BCUT2D eigenvalue weighted by molar-refractivity contribution is 1.21. The predicted molar refractivity (Wildman–Crippen MR) is 78.8 cm³/mol. The van der Waals surface area contributed by atoms with Gasteiger partial charge in [-0.25, -0.2) is 0 Å². The Morgan fingerprint density at radius 2 is 2.19 bits per heavy atom. The molecule has 0 atom stereocenters. The Kier molecular flexibility index (Phi) is 4.44. The molecule has 4 rings (SSSR count). The second-order valence-corrected chi connectivity index (χ2v) is 7.49. The van der Waals surface area contributed by atoms with Gasteiger partial charge in [-0.1, -0.05) is 56.6 Å². The number of hydrogen-bond donors (Lipinski definition) is 0. The molecule has 0 aliphatic carbocycles. The van der Waals surface area contributed by atoms with Crippen molar-refractivity contribution in [1.82, 2.24) is 0 Å². The van der Waals surface area contributed by atoms with Crippen molar-refractivity contribution in [2.45, 2.75) is 17.6 Å². The van der Waals surface area contributed by atoms with Gasteiger partial charge in [-0.3, -0.25) is 0 Å². The van der Waals surface area contributed by atoms with Gasteiger partial charge in [0.05, 0.1) is 5.02 Å². The number of rotatable bonds is 0. The molecule has 2 bridgehead atoms. The summed E-state index contributed by atoms with van der Waals surface area (Å²) in [5.74, 6) is 1.18. The van der Waals surface area contributed by atoms with Crippen LogP contribution in [0.2, 0.25) is 5.02 Å². The largest absolute Gasteiger partial charge is 0.121 e. The van der Waals surface area contributed by atoms with E-state index >= 15 is 0 Å². The number of aryl methyl sites for hydroxylation is 1. The van der Waals surface area contributed by atoms with Crippen LogP contribution in [0.4, 0.5) is 0 Å². The molecule has 0 spiro atoms. The van der Waals surface area contributed by atoms with Gasteiger partial charge in [0.2, 0.25) is 0 Å². The first-order chi connectivity index (χ1) is 7.66. The average Bonchev–Trinajstić information content (AvgIpc) is 2.66. The smallest absolute Gasteiger partial charge is 0.120 e. The maximum absolute atomic E-state index is 5.54. The van der Waals surface area contributed by atoms with Crippen LogP contribution in [-0.2, 0) is 5.75 Å². The van der Waals surface area contributed by atoms with E-state index in [9.17, 15) is 0 Å². The first-order valence-electron chi connectivity index (χ1n) is 4.62. The fourth-order valence-corrected chi connectivity index (χ4v) is 4.82. The van der Waals surface area contributed by atoms with Gasteiger partial charge in [-0.05, 0) is 24.1 Å². The van der Waals surface area contributed by atoms with Gasteiger partial charge < -0.3 is 0 Å². The molecule has 2 aliphatic heterocycles. The summed E-state index contributed by atoms with van der Waals surface area (Å²) < 4.78 is 0.798. The van der Waals surface area contributed by atoms with Gasteiger partial charge in [-0.2, -0.15) is 0 Å². The molecule has 1 aromatic carbocycles. The zero-order valence-corrected chi connectivity index (χ0v) is 12.5. The first-order valence-corrected chi connectivity index (χ1v) is 8.61. The standard InChI is InChI=1S/C8H8S.C3HClS3/c1-6-4-7-2-3-8(6)9-5-7;4-2-1-6-7-3(2)5/h2-4H,5H2,1H3;1H. The molecule has 16 heavy (non-hydrogen) atoms. The first kappa shape index (κ1) is 12.6. The van der Waals surface area contributed by atoms with Crippen molar-refractivity contribution >= 4 is 56.3 Å². The van der Waals surface area contributed by atoms with E-state index in [2.05, 4.69) is 25.1 Å². The third-order valence-electron chi connectivity index (χ3n) is 2.10. The molecule has 0 saturated heterocycles. The molecule has 1 aromatic heterocycles. The minimum absolute atomic E-state index is 0.713. The molecule has 0 fully saturated rings. The van der Waals surface area contributed by atoms with Crippen LogP contribution in [0.5, 0.6) is 0 Å². The zero-order chi connectivity index (χ0) is 11.5. The van der Waals surface area contributed by atoms with Crippen LogP contribution >= 0.6 is 56.3 Å². The summed E-state index contributed by atoms with van der Waals surface area (Å²) in [6.45, 7) is 2.17. The minimum atomic E-state index is 0.713. The monoisotopic (exact) mass is 304 g/mol. The Morgan fingerprint density at radius 1 is 1.38 bits per heavy atom. The molecule has 2 aromatic rings. The summed E-state index contributed by atoms with van der Waals surface area (Å²) in [5, 5.41) is 2.55. The third-order valence-corrected chi connectivity index (χ3v) is 6.67. The van der Waals surface area contributed by atoms with E-state index in [0.717, 1.165) is 3.82 Å². The third kappa shape index (κ3) is 3.08. The van der Waals surface area contributed by atoms with Crippen LogP contribution in [0.1, 0.15) is 11.1 Å². The minimum Gasteiger partial charge on any atom is -0.121 e. The molecule has 3 heterocycles. The van der Waals surface area contributed by atoms with E-state index in [0.29, 0.717) is 5.02 Å². The van der Waals surface area contributed by atoms with Crippen molar-refractivity contribution < 1.29 is 0 Å². The lowest BCUT2D eigenvalue weighted by atomic mass is 10.1. The molecule has 2 aliphatic rings. The molecule has 0 amide bonds. The molecule has 5 heteroatoms. The van der Waals surface area contributed by atoms with Crippen LogP contribution < -0.4 is 0 Å². The molecular formula is C11H9ClS4. The summed E-state index contributed by atoms with van der Waals surface area (Å²) in [6.07, 6.45) is 0. The molecule has 0 saturated carbocycles. The Morgan fingerprint density at radius 3 is 2.38 bits per heavy atom. The maximum atomic E-state index is 5.54. The Labute approximate surface area is 117 Å². The van der Waals surface area contributed by atoms with Gasteiger partial charge in [0.1, 0.15) is 3.82 Å². The Bertz CT molecular complexity index is 541. The van der Waals surface area contributed by atoms with Crippen molar-refractivity contribution in [3.05, 3.63) is 43.6 Å². The van der Waals surface area contributed by atoms with E-state index in [1.807, 2.05) is 17.1 Å². The highest BCUT2D eigenvalue weighted by atomic mass is 35.5. The van der Waals surface area contributed by atoms with Gasteiger partial charge >= 0.3 is 0 Å². The summed E-state index contributed by atoms with van der Waals surface area (Å²) >= 11 is 12.3. The van der Waals surface area contributed by atoms with Gasteiger partial charge in [-0.15, -0.1) is 11.8 Å². The Balaban J connectivity index is 0.000000125. The SMILES string of the molecule is Cc1cc2ccc1SC2.S=c1sscc1Cl. The zero-order valence-electron chi connectivity index (χ0n) is 8.53. The van der Waals surface area contributed by atoms with Gasteiger partial charge in [0.15, 0.2) is 0 Å². The quantitative estimate of drug-likeness (QED) is 0.446. The van der Waals surface area contributed by atoms with Crippen molar-refractivity contribution in [3.63, 3.8) is 0 Å². The van der Waals surface area contributed by atoms with E-state index in [4.69, 9.17) is 23.8 Å². The number of halogens is 1. The summed E-state index contributed by atoms with van der Waals surface area (Å²) in [5.41, 5.74) is 2.90. The van der Waals surface area contributed by atoms with Crippen molar-refractivity contribution in [2.75, 3.05) is 0 Å². The number of benzene rings is 1. The van der Waals surface area contributed by atoms with Crippen LogP contribution in [-0.4, -0.2) is 0 Å². The highest BCUT2D eigenvalue weighted by Crippen LogP contribution is 2.32. The number of fused-ring (bicyclic) bond motifs is 3. The molecular weight excluding hydrogens is 296 g/mol. The maximum Gasteiger partial charge on any atom is 0.120 e. The predicted octanol–water partition coefficient (Wildman–Crippen LogP) is 5.79. The van der Waals surface area contributed by atoms with E-state index in [-0.39, 0.29) is 0 Å². The molecule has 0 N–H and O–H groups in total. The van der Waals surface area contributed by atoms with E-state index < -0.39 is 0 Å². The normalized spacial score (nSPS) is 12.1. The fraction of sp³-hybridized carbons (Fsp3) is 0.182. The molecule has 0 unspecified atom stereocenters. The summed E-state index contributed by atoms with van der Waals surface area (Å²) in [6, 6.07) is 6.68. The van der Waals surface area contributed by atoms with Crippen LogP contribution in [0.15, 0.2) is 28.5 Å². The molecule has 0 radical (unpaired) electrons. The summed E-state index contributed by atoms with van der Waals surface area (Å²) in [7, 11) is 3.10. The lowest BCUT2D eigenvalue weighted by Crippen LogP contribution is -1.91. The van der Waals surface area contributed by atoms with Crippen LogP contribution in [0, 0.1) is 10.7 Å². The second kappa shape index (κ2) is 5.65. The van der Waals surface area contributed by atoms with Crippen LogP contribution in [0.3, 0.4) is 0 Å². The molecule has 0 nitrogen and oxygen atoms in total. The highest BCUT2D eigenvalue weighted by molar-refractivity contribution is 7.98. The van der Waals surface area contributed by atoms with E-state index in [1.165, 1.54) is 32.1 Å². The van der Waals surface area contributed by atoms with Crippen LogP contribution in [0.25, 0.3) is 0 Å². The van der Waals surface area contributed by atoms with Gasteiger partial charge in [0, 0.05) is 16.0 Å². The number of thioether (sulfide) groups is 1. The van der Waals surface area contributed by atoms with Crippen molar-refractivity contribution in [2.24, 2.45) is 0 Å². The van der Waals surface area contributed by atoms with Crippen molar-refractivity contribution in [3.8, 4) is 0 Å². The lowest BCUT2D eigenvalue weighted by Gasteiger charge is -2.13. The average molecular weight is 305 g/mol. The van der Waals surface area contributed by atoms with E-state index in [1.54, 1.807) is 10.3 Å².